The van der Waals surface area contributed by atoms with Crippen molar-refractivity contribution in [1.82, 2.24) is 9.88 Å². The molecule has 3 aromatic rings. The van der Waals surface area contributed by atoms with Gasteiger partial charge in [0.1, 0.15) is 11.5 Å². The van der Waals surface area contributed by atoms with Gasteiger partial charge in [-0.05, 0) is 61.8 Å². The minimum absolute atomic E-state index is 0.0186. The molecule has 0 unspecified atom stereocenters. The molecule has 1 aliphatic heterocycles. The van der Waals surface area contributed by atoms with Gasteiger partial charge < -0.3 is 9.64 Å². The van der Waals surface area contributed by atoms with Gasteiger partial charge in [0.25, 0.3) is 5.91 Å². The Labute approximate surface area is 205 Å². The van der Waals surface area contributed by atoms with E-state index in [1.807, 2.05) is 4.90 Å². The van der Waals surface area contributed by atoms with Crippen molar-refractivity contribution in [3.8, 4) is 11.5 Å². The fourth-order valence-corrected chi connectivity index (χ4v) is 5.19. The number of ether oxygens (including phenoxy) is 1. The minimum atomic E-state index is -0.507. The number of benzene rings is 1. The maximum absolute atomic E-state index is 14.7. The van der Waals surface area contributed by atoms with Gasteiger partial charge in [0, 0.05) is 38.2 Å². The molecule has 2 fully saturated rings. The number of hydrogen-bond donors (Lipinski definition) is 0. The van der Waals surface area contributed by atoms with Crippen LogP contribution in [0.15, 0.2) is 36.5 Å². The maximum Gasteiger partial charge on any atom is 0.373 e. The topological polar surface area (TPSA) is 93.6 Å². The molecular formula is C26H25FN2O5S. The van der Waals surface area contributed by atoms with Crippen LogP contribution in [-0.2, 0) is 20.8 Å². The second kappa shape index (κ2) is 11.3. The first kappa shape index (κ1) is 24.7. The van der Waals surface area contributed by atoms with E-state index in [0.29, 0.717) is 34.0 Å². The quantitative estimate of drug-likeness (QED) is 0.447. The second-order valence-corrected chi connectivity index (χ2v) is 9.85. The van der Waals surface area contributed by atoms with E-state index in [-0.39, 0.29) is 30.0 Å². The zero-order valence-corrected chi connectivity index (χ0v) is 19.9. The number of piperidine rings is 1. The Morgan fingerprint density at radius 2 is 1.83 bits per heavy atom. The highest BCUT2D eigenvalue weighted by Crippen LogP contribution is 2.37. The molecule has 0 N–H and O–H groups in total. The SMILES string of the molecule is O=C(Cc1ccc(Oc2ccnc3cc(C(=O)N4CCCCC4)sc23)c(F)c1)CC1CC1.O=C=O. The number of nitrogens with zero attached hydrogens (tertiary/aromatic N) is 2. The molecule has 1 saturated heterocycles. The Balaban J connectivity index is 0.000000917. The zero-order chi connectivity index (χ0) is 24.8. The van der Waals surface area contributed by atoms with Crippen LogP contribution in [0.1, 0.15) is 53.8 Å². The van der Waals surface area contributed by atoms with E-state index in [4.69, 9.17) is 14.3 Å². The molecule has 1 aromatic carbocycles. The number of fused-ring (bicyclic) bond motifs is 1. The van der Waals surface area contributed by atoms with Crippen molar-refractivity contribution in [1.29, 1.82) is 0 Å². The molecule has 0 spiro atoms. The van der Waals surface area contributed by atoms with E-state index in [9.17, 15) is 14.0 Å². The summed E-state index contributed by atoms with van der Waals surface area (Å²) in [6, 6.07) is 8.14. The van der Waals surface area contributed by atoms with Crippen molar-refractivity contribution in [3.63, 3.8) is 0 Å². The van der Waals surface area contributed by atoms with Crippen LogP contribution in [-0.4, -0.2) is 40.8 Å². The number of Topliss-reactive ketones (excluding diaryl/α,β-unsaturated/α-hetero) is 1. The highest BCUT2D eigenvalue weighted by Gasteiger charge is 2.25. The molecule has 7 nitrogen and oxygen atoms in total. The third-order valence-electron chi connectivity index (χ3n) is 6.06. The van der Waals surface area contributed by atoms with Gasteiger partial charge in [0.05, 0.1) is 15.1 Å². The van der Waals surface area contributed by atoms with Gasteiger partial charge in [-0.25, -0.2) is 4.39 Å². The third-order valence-corrected chi connectivity index (χ3v) is 7.19. The van der Waals surface area contributed by atoms with Crippen molar-refractivity contribution >= 4 is 39.4 Å². The van der Waals surface area contributed by atoms with Crippen LogP contribution in [0.3, 0.4) is 0 Å². The summed E-state index contributed by atoms with van der Waals surface area (Å²) in [5.41, 5.74) is 1.32. The Morgan fingerprint density at radius 3 is 2.51 bits per heavy atom. The monoisotopic (exact) mass is 496 g/mol. The molecule has 0 atom stereocenters. The number of pyridine rings is 1. The summed E-state index contributed by atoms with van der Waals surface area (Å²) < 4.78 is 21.3. The van der Waals surface area contributed by atoms with Crippen LogP contribution in [0.5, 0.6) is 11.5 Å². The van der Waals surface area contributed by atoms with E-state index in [1.54, 1.807) is 30.5 Å². The summed E-state index contributed by atoms with van der Waals surface area (Å²) in [7, 11) is 0. The lowest BCUT2D eigenvalue weighted by molar-refractivity contribution is -0.191. The highest BCUT2D eigenvalue weighted by molar-refractivity contribution is 7.21. The zero-order valence-electron chi connectivity index (χ0n) is 19.1. The molecule has 9 heteroatoms. The Morgan fingerprint density at radius 1 is 1.09 bits per heavy atom. The average molecular weight is 497 g/mol. The first-order valence-electron chi connectivity index (χ1n) is 11.6. The standard InChI is InChI=1S/C25H25FN2O3S.CO2/c26-19-14-17(13-18(29)12-16-4-5-16)6-7-21(19)31-22-8-9-27-20-15-23(32-24(20)22)25(30)28-10-2-1-3-11-28;2-1-3/h6-9,14-16H,1-5,10-13H2;. The molecule has 0 bridgehead atoms. The van der Waals surface area contributed by atoms with Gasteiger partial charge in [-0.2, -0.15) is 9.59 Å². The Hall–Kier alpha value is -3.42. The molecule has 1 amide bonds. The van der Waals surface area contributed by atoms with Gasteiger partial charge >= 0.3 is 6.15 Å². The molecule has 0 radical (unpaired) electrons. The van der Waals surface area contributed by atoms with Crippen molar-refractivity contribution in [3.05, 3.63) is 52.8 Å². The van der Waals surface area contributed by atoms with E-state index < -0.39 is 5.82 Å². The molecule has 1 aliphatic carbocycles. The number of likely N-dealkylation sites (tertiary alicyclic amines) is 1. The van der Waals surface area contributed by atoms with Crippen LogP contribution in [0, 0.1) is 11.7 Å². The highest BCUT2D eigenvalue weighted by atomic mass is 32.1. The van der Waals surface area contributed by atoms with Crippen molar-refractivity contribution < 1.29 is 28.3 Å². The number of amides is 1. The van der Waals surface area contributed by atoms with Gasteiger partial charge in [-0.15, -0.1) is 11.3 Å². The fraction of sp³-hybridized carbons (Fsp3) is 0.385. The van der Waals surface area contributed by atoms with Crippen LogP contribution in [0.2, 0.25) is 0 Å². The summed E-state index contributed by atoms with van der Waals surface area (Å²) in [4.78, 5) is 48.1. The van der Waals surface area contributed by atoms with E-state index in [1.165, 1.54) is 17.4 Å². The Bertz CT molecular complexity index is 1260. The molecule has 35 heavy (non-hydrogen) atoms. The van der Waals surface area contributed by atoms with Gasteiger partial charge in [-0.1, -0.05) is 6.07 Å². The number of hydrogen-bond acceptors (Lipinski definition) is 7. The summed E-state index contributed by atoms with van der Waals surface area (Å²) in [5, 5.41) is 0. The van der Waals surface area contributed by atoms with Crippen molar-refractivity contribution in [2.24, 2.45) is 5.92 Å². The average Bonchev–Trinajstić information content (AvgIpc) is 3.55. The number of carbonyl (C=O) groups excluding carboxylic acids is 4. The lowest BCUT2D eigenvalue weighted by Crippen LogP contribution is -2.35. The summed E-state index contributed by atoms with van der Waals surface area (Å²) >= 11 is 1.33. The number of thiophene rings is 1. The predicted octanol–water partition coefficient (Wildman–Crippen LogP) is 5.18. The van der Waals surface area contributed by atoms with Crippen LogP contribution in [0.4, 0.5) is 4.39 Å². The minimum Gasteiger partial charge on any atom is -0.453 e. The maximum atomic E-state index is 14.7. The summed E-state index contributed by atoms with van der Waals surface area (Å²) in [6.45, 7) is 1.56. The molecule has 1 saturated carbocycles. The number of halogens is 1. The first-order chi connectivity index (χ1) is 17.0. The van der Waals surface area contributed by atoms with Crippen LogP contribution < -0.4 is 4.74 Å². The third kappa shape index (κ3) is 6.38. The molecule has 5 rings (SSSR count). The first-order valence-corrected chi connectivity index (χ1v) is 12.4. The number of carbonyl (C=O) groups is 2. The normalized spacial score (nSPS) is 15.2. The fourth-order valence-electron chi connectivity index (χ4n) is 4.15. The largest absolute Gasteiger partial charge is 0.453 e. The van der Waals surface area contributed by atoms with Crippen LogP contribution >= 0.6 is 11.3 Å². The van der Waals surface area contributed by atoms with Crippen molar-refractivity contribution in [2.45, 2.75) is 44.9 Å². The molecule has 3 heterocycles. The number of ketones is 1. The van der Waals surface area contributed by atoms with Gasteiger partial charge in [-0.3, -0.25) is 14.6 Å². The smallest absolute Gasteiger partial charge is 0.373 e. The molecule has 2 aliphatic rings. The molecule has 182 valence electrons. The van der Waals surface area contributed by atoms with Gasteiger partial charge in [0.2, 0.25) is 0 Å². The Kier molecular flexibility index (Phi) is 8.00. The lowest BCUT2D eigenvalue weighted by atomic mass is 10.0. The lowest BCUT2D eigenvalue weighted by Gasteiger charge is -2.26. The van der Waals surface area contributed by atoms with Crippen LogP contribution in [0.25, 0.3) is 10.2 Å². The second-order valence-electron chi connectivity index (χ2n) is 8.80. The summed E-state index contributed by atoms with van der Waals surface area (Å²) in [5.74, 6) is 0.752. The van der Waals surface area contributed by atoms with E-state index >= 15 is 0 Å². The molecular weight excluding hydrogens is 471 g/mol. The predicted molar refractivity (Wildman–Crippen MR) is 127 cm³/mol. The van der Waals surface area contributed by atoms with Gasteiger partial charge in [0.15, 0.2) is 11.6 Å². The number of aromatic nitrogens is 1. The number of rotatable bonds is 7. The van der Waals surface area contributed by atoms with Crippen molar-refractivity contribution in [2.75, 3.05) is 13.1 Å². The summed E-state index contributed by atoms with van der Waals surface area (Å²) in [6.07, 6.45) is 8.17. The van der Waals surface area contributed by atoms with E-state index in [2.05, 4.69) is 4.98 Å². The molecule has 2 aromatic heterocycles. The van der Waals surface area contributed by atoms with E-state index in [0.717, 1.165) is 49.9 Å².